The van der Waals surface area contributed by atoms with Crippen LogP contribution in [0.4, 0.5) is 0 Å². The SMILES string of the molecule is CCCOC(=O)C1=C(C)NC2=C(C(=O)C[C@@H](c3ccc(OC)cc3)C2)[C@@H]1c1ccccc1Cl. The van der Waals surface area contributed by atoms with Gasteiger partial charge in [0.1, 0.15) is 5.75 Å². The van der Waals surface area contributed by atoms with E-state index in [2.05, 4.69) is 5.32 Å². The highest BCUT2D eigenvalue weighted by atomic mass is 35.5. The van der Waals surface area contributed by atoms with Crippen LogP contribution in [0.25, 0.3) is 0 Å². The molecule has 0 bridgehead atoms. The maximum Gasteiger partial charge on any atom is 0.336 e. The number of methoxy groups -OCH3 is 1. The molecular formula is C27H28ClNO4. The van der Waals surface area contributed by atoms with E-state index in [1.165, 1.54) is 0 Å². The Morgan fingerprint density at radius 1 is 1.12 bits per heavy atom. The van der Waals surface area contributed by atoms with Gasteiger partial charge in [0.05, 0.1) is 19.3 Å². The van der Waals surface area contributed by atoms with Gasteiger partial charge < -0.3 is 14.8 Å². The van der Waals surface area contributed by atoms with Crippen LogP contribution in [0.3, 0.4) is 0 Å². The lowest BCUT2D eigenvalue weighted by Crippen LogP contribution is -2.36. The van der Waals surface area contributed by atoms with Crippen molar-refractivity contribution in [2.75, 3.05) is 13.7 Å². The number of hydrogen-bond acceptors (Lipinski definition) is 5. The highest BCUT2D eigenvalue weighted by molar-refractivity contribution is 6.31. The second-order valence-corrected chi connectivity index (χ2v) is 8.86. The van der Waals surface area contributed by atoms with Gasteiger partial charge >= 0.3 is 5.97 Å². The Morgan fingerprint density at radius 3 is 2.52 bits per heavy atom. The van der Waals surface area contributed by atoms with Crippen LogP contribution in [-0.2, 0) is 14.3 Å². The molecule has 2 aromatic carbocycles. The summed E-state index contributed by atoms with van der Waals surface area (Å²) in [6.07, 6.45) is 1.76. The van der Waals surface area contributed by atoms with Gasteiger partial charge in [-0.3, -0.25) is 4.79 Å². The topological polar surface area (TPSA) is 64.6 Å². The van der Waals surface area contributed by atoms with Gasteiger partial charge in [-0.1, -0.05) is 48.9 Å². The van der Waals surface area contributed by atoms with Crippen molar-refractivity contribution in [3.63, 3.8) is 0 Å². The minimum absolute atomic E-state index is 0.0165. The number of carbonyl (C=O) groups is 2. The van der Waals surface area contributed by atoms with Crippen LogP contribution in [0, 0.1) is 0 Å². The second-order valence-electron chi connectivity index (χ2n) is 8.45. The molecular weight excluding hydrogens is 438 g/mol. The smallest absolute Gasteiger partial charge is 0.336 e. The van der Waals surface area contributed by atoms with Crippen molar-refractivity contribution in [3.8, 4) is 5.75 Å². The molecule has 5 nitrogen and oxygen atoms in total. The lowest BCUT2D eigenvalue weighted by Gasteiger charge is -2.37. The Bertz CT molecular complexity index is 1130. The summed E-state index contributed by atoms with van der Waals surface area (Å²) in [4.78, 5) is 26.7. The molecule has 0 saturated heterocycles. The summed E-state index contributed by atoms with van der Waals surface area (Å²) in [5.74, 6) is -0.123. The summed E-state index contributed by atoms with van der Waals surface area (Å²) >= 11 is 6.57. The molecule has 1 aliphatic carbocycles. The minimum Gasteiger partial charge on any atom is -0.497 e. The Hall–Kier alpha value is -3.05. The van der Waals surface area contributed by atoms with E-state index in [-0.39, 0.29) is 11.7 Å². The van der Waals surface area contributed by atoms with E-state index >= 15 is 0 Å². The zero-order valence-electron chi connectivity index (χ0n) is 19.1. The number of hydrogen-bond donors (Lipinski definition) is 1. The third kappa shape index (κ3) is 4.55. The first-order chi connectivity index (χ1) is 15.9. The number of benzene rings is 2. The second kappa shape index (κ2) is 9.84. The standard InChI is InChI=1S/C27H28ClNO4/c1-4-13-33-27(31)24-16(2)29-22-14-18(17-9-11-19(32-3)12-10-17)15-23(30)26(22)25(24)20-7-5-6-8-21(20)28/h5-12,18,25,29H,4,13-15H2,1-3H3/t18-,25+/m0/s1. The van der Waals surface area contributed by atoms with Crippen molar-refractivity contribution in [1.82, 2.24) is 5.32 Å². The van der Waals surface area contributed by atoms with E-state index in [1.807, 2.05) is 56.3 Å². The number of halogens is 1. The maximum atomic E-state index is 13.6. The third-order valence-corrected chi connectivity index (χ3v) is 6.63. The highest BCUT2D eigenvalue weighted by Crippen LogP contribution is 2.47. The van der Waals surface area contributed by atoms with Gasteiger partial charge in [0.2, 0.25) is 0 Å². The molecule has 4 rings (SSSR count). The number of dihydropyridines is 1. The molecule has 172 valence electrons. The minimum atomic E-state index is -0.552. The van der Waals surface area contributed by atoms with Crippen molar-refractivity contribution in [3.05, 3.63) is 87.2 Å². The lowest BCUT2D eigenvalue weighted by molar-refractivity contribution is -0.139. The van der Waals surface area contributed by atoms with E-state index in [1.54, 1.807) is 13.2 Å². The molecule has 2 aliphatic rings. The zero-order chi connectivity index (χ0) is 23.5. The predicted octanol–water partition coefficient (Wildman–Crippen LogP) is 5.66. The summed E-state index contributed by atoms with van der Waals surface area (Å²) in [5.41, 5.74) is 4.44. The van der Waals surface area contributed by atoms with E-state index in [9.17, 15) is 9.59 Å². The maximum absolute atomic E-state index is 13.6. The fourth-order valence-corrected chi connectivity index (χ4v) is 4.96. The number of ether oxygens (including phenoxy) is 2. The normalized spacial score (nSPS) is 20.3. The summed E-state index contributed by atoms with van der Waals surface area (Å²) in [7, 11) is 1.63. The Morgan fingerprint density at radius 2 is 1.85 bits per heavy atom. The summed E-state index contributed by atoms with van der Waals surface area (Å²) in [5, 5.41) is 3.89. The molecule has 0 saturated carbocycles. The first-order valence-corrected chi connectivity index (χ1v) is 11.6. The first-order valence-electron chi connectivity index (χ1n) is 11.2. The molecule has 33 heavy (non-hydrogen) atoms. The Balaban J connectivity index is 1.76. The molecule has 1 N–H and O–H groups in total. The van der Waals surface area contributed by atoms with Gasteiger partial charge in [0.15, 0.2) is 5.78 Å². The van der Waals surface area contributed by atoms with Crippen LogP contribution in [0.1, 0.15) is 56.1 Å². The first kappa shape index (κ1) is 23.1. The van der Waals surface area contributed by atoms with Crippen LogP contribution < -0.4 is 10.1 Å². The molecule has 2 atom stereocenters. The van der Waals surface area contributed by atoms with Crippen LogP contribution in [-0.4, -0.2) is 25.5 Å². The van der Waals surface area contributed by atoms with E-state index in [4.69, 9.17) is 21.1 Å². The predicted molar refractivity (Wildman–Crippen MR) is 128 cm³/mol. The molecule has 6 heteroatoms. The molecule has 2 aromatic rings. The largest absolute Gasteiger partial charge is 0.497 e. The van der Waals surface area contributed by atoms with Gasteiger partial charge in [-0.2, -0.15) is 0 Å². The Labute approximate surface area is 199 Å². The van der Waals surface area contributed by atoms with Gasteiger partial charge in [0, 0.05) is 34.3 Å². The number of rotatable bonds is 6. The van der Waals surface area contributed by atoms with Crippen molar-refractivity contribution >= 4 is 23.4 Å². The Kier molecular flexibility index (Phi) is 6.89. The lowest BCUT2D eigenvalue weighted by atomic mass is 9.71. The molecule has 1 aliphatic heterocycles. The van der Waals surface area contributed by atoms with Crippen molar-refractivity contribution in [1.29, 1.82) is 0 Å². The molecule has 0 fully saturated rings. The van der Waals surface area contributed by atoms with E-state index < -0.39 is 11.9 Å². The number of nitrogens with one attached hydrogen (secondary N) is 1. The van der Waals surface area contributed by atoms with Crippen molar-refractivity contribution < 1.29 is 19.1 Å². The summed E-state index contributed by atoms with van der Waals surface area (Å²) in [6, 6.07) is 15.2. The van der Waals surface area contributed by atoms with Gasteiger partial charge in [-0.15, -0.1) is 0 Å². The van der Waals surface area contributed by atoms with Crippen LogP contribution in [0.5, 0.6) is 5.75 Å². The van der Waals surface area contributed by atoms with Crippen LogP contribution in [0.15, 0.2) is 71.1 Å². The van der Waals surface area contributed by atoms with Crippen molar-refractivity contribution in [2.45, 2.75) is 44.9 Å². The quantitative estimate of drug-likeness (QED) is 0.557. The number of ketones is 1. The number of Topliss-reactive ketones (excluding diaryl/α,β-unsaturated/α-hetero) is 1. The molecule has 1 heterocycles. The van der Waals surface area contributed by atoms with Gasteiger partial charge in [-0.05, 0) is 55.0 Å². The average molecular weight is 466 g/mol. The number of carbonyl (C=O) groups excluding carboxylic acids is 2. The van der Waals surface area contributed by atoms with Gasteiger partial charge in [0.25, 0.3) is 0 Å². The molecule has 0 radical (unpaired) electrons. The van der Waals surface area contributed by atoms with E-state index in [0.29, 0.717) is 41.3 Å². The molecule has 0 spiro atoms. The number of esters is 1. The summed E-state index contributed by atoms with van der Waals surface area (Å²) in [6.45, 7) is 4.13. The van der Waals surface area contributed by atoms with E-state index in [0.717, 1.165) is 29.0 Å². The summed E-state index contributed by atoms with van der Waals surface area (Å²) < 4.78 is 10.8. The fourth-order valence-electron chi connectivity index (χ4n) is 4.71. The van der Waals surface area contributed by atoms with Crippen molar-refractivity contribution in [2.24, 2.45) is 0 Å². The average Bonchev–Trinajstić information content (AvgIpc) is 2.82. The molecule has 0 unspecified atom stereocenters. The monoisotopic (exact) mass is 465 g/mol. The van der Waals surface area contributed by atoms with Gasteiger partial charge in [-0.25, -0.2) is 4.79 Å². The highest BCUT2D eigenvalue weighted by Gasteiger charge is 2.42. The molecule has 0 amide bonds. The van der Waals surface area contributed by atoms with Crippen LogP contribution in [0.2, 0.25) is 5.02 Å². The molecule has 0 aromatic heterocycles. The zero-order valence-corrected chi connectivity index (χ0v) is 19.9. The fraction of sp³-hybridized carbons (Fsp3) is 0.333. The number of allylic oxidation sites excluding steroid dienone is 3. The third-order valence-electron chi connectivity index (χ3n) is 6.29. The van der Waals surface area contributed by atoms with Crippen LogP contribution >= 0.6 is 11.6 Å².